The molecule has 0 N–H and O–H groups in total. The van der Waals surface area contributed by atoms with Gasteiger partial charge in [0, 0.05) is 5.92 Å². The molecular weight excluding hydrogens is 246 g/mol. The van der Waals surface area contributed by atoms with Crippen molar-refractivity contribution in [1.82, 2.24) is 0 Å². The van der Waals surface area contributed by atoms with Crippen LogP contribution in [0, 0.1) is 17.8 Å². The summed E-state index contributed by atoms with van der Waals surface area (Å²) < 4.78 is 34.6. The Balaban J connectivity index is 1.80. The SMILES string of the molecule is O=C(OC1C2CC3CC(C2)C(=O)OC1C3)C(F)F. The van der Waals surface area contributed by atoms with Gasteiger partial charge in [-0.3, -0.25) is 4.79 Å². The fraction of sp³-hybridized carbons (Fsp3) is 0.833. The molecule has 6 heteroatoms. The Morgan fingerprint density at radius 3 is 2.78 bits per heavy atom. The van der Waals surface area contributed by atoms with Crippen molar-refractivity contribution in [3.8, 4) is 0 Å². The Morgan fingerprint density at radius 1 is 1.28 bits per heavy atom. The molecule has 2 saturated heterocycles. The van der Waals surface area contributed by atoms with E-state index in [0.717, 1.165) is 12.8 Å². The maximum Gasteiger partial charge on any atom is 0.374 e. The minimum Gasteiger partial charge on any atom is -0.458 e. The number of fused-ring (bicyclic) bond motifs is 1. The summed E-state index contributed by atoms with van der Waals surface area (Å²) >= 11 is 0. The molecule has 2 aliphatic carbocycles. The molecule has 0 aromatic heterocycles. The zero-order valence-electron chi connectivity index (χ0n) is 9.68. The highest BCUT2D eigenvalue weighted by atomic mass is 19.3. The van der Waals surface area contributed by atoms with Gasteiger partial charge in [-0.05, 0) is 31.6 Å². The Bertz CT molecular complexity index is 384. The topological polar surface area (TPSA) is 52.6 Å². The number of esters is 2. The van der Waals surface area contributed by atoms with Gasteiger partial charge in [-0.15, -0.1) is 0 Å². The lowest BCUT2D eigenvalue weighted by Crippen LogP contribution is -2.46. The van der Waals surface area contributed by atoms with E-state index >= 15 is 0 Å². The first-order valence-corrected chi connectivity index (χ1v) is 6.23. The van der Waals surface area contributed by atoms with E-state index in [4.69, 9.17) is 9.47 Å². The van der Waals surface area contributed by atoms with Gasteiger partial charge in [0.05, 0.1) is 5.92 Å². The number of ether oxygens (including phenoxy) is 2. The van der Waals surface area contributed by atoms with Gasteiger partial charge in [0.25, 0.3) is 0 Å². The number of rotatable bonds is 2. The van der Waals surface area contributed by atoms with Gasteiger partial charge in [0.1, 0.15) is 12.2 Å². The van der Waals surface area contributed by atoms with Gasteiger partial charge in [-0.2, -0.15) is 8.78 Å². The molecule has 100 valence electrons. The van der Waals surface area contributed by atoms with Gasteiger partial charge in [-0.25, -0.2) is 4.79 Å². The first-order valence-electron chi connectivity index (χ1n) is 6.23. The highest BCUT2D eigenvalue weighted by molar-refractivity contribution is 5.75. The fourth-order valence-corrected chi connectivity index (χ4v) is 3.62. The molecule has 18 heavy (non-hydrogen) atoms. The molecule has 4 bridgehead atoms. The van der Waals surface area contributed by atoms with E-state index in [9.17, 15) is 18.4 Å². The van der Waals surface area contributed by atoms with E-state index in [2.05, 4.69) is 0 Å². The number of alkyl halides is 2. The Kier molecular flexibility index (Phi) is 2.75. The van der Waals surface area contributed by atoms with Crippen molar-refractivity contribution in [3.63, 3.8) is 0 Å². The number of hydrogen-bond donors (Lipinski definition) is 0. The number of hydrogen-bond acceptors (Lipinski definition) is 4. The van der Waals surface area contributed by atoms with Gasteiger partial charge < -0.3 is 9.47 Å². The molecule has 0 amide bonds. The van der Waals surface area contributed by atoms with Crippen LogP contribution in [-0.2, 0) is 19.1 Å². The third-order valence-corrected chi connectivity index (χ3v) is 4.27. The minimum absolute atomic E-state index is 0.0124. The average molecular weight is 260 g/mol. The molecule has 4 nitrogen and oxygen atoms in total. The molecule has 4 fully saturated rings. The Labute approximate surface area is 103 Å². The second-order valence-corrected chi connectivity index (χ2v) is 5.44. The van der Waals surface area contributed by atoms with Gasteiger partial charge in [-0.1, -0.05) is 0 Å². The van der Waals surface area contributed by atoms with Crippen LogP contribution in [0.3, 0.4) is 0 Å². The van der Waals surface area contributed by atoms with Crippen molar-refractivity contribution in [2.45, 2.75) is 44.3 Å². The predicted molar refractivity (Wildman–Crippen MR) is 54.7 cm³/mol. The summed E-state index contributed by atoms with van der Waals surface area (Å²) in [6, 6.07) is 0. The lowest BCUT2D eigenvalue weighted by molar-refractivity contribution is -0.181. The van der Waals surface area contributed by atoms with Gasteiger partial charge >= 0.3 is 18.4 Å². The van der Waals surface area contributed by atoms with Crippen LogP contribution in [0.5, 0.6) is 0 Å². The van der Waals surface area contributed by atoms with Crippen LogP contribution < -0.4 is 0 Å². The van der Waals surface area contributed by atoms with Crippen molar-refractivity contribution in [3.05, 3.63) is 0 Å². The lowest BCUT2D eigenvalue weighted by Gasteiger charge is -2.41. The maximum absolute atomic E-state index is 12.2. The summed E-state index contributed by atoms with van der Waals surface area (Å²) in [4.78, 5) is 22.7. The molecule has 4 aliphatic rings. The van der Waals surface area contributed by atoms with Gasteiger partial charge in [0.15, 0.2) is 0 Å². The van der Waals surface area contributed by atoms with Crippen LogP contribution in [-0.4, -0.2) is 30.6 Å². The van der Waals surface area contributed by atoms with Crippen LogP contribution in [0.2, 0.25) is 0 Å². The first-order chi connectivity index (χ1) is 8.54. The highest BCUT2D eigenvalue weighted by Gasteiger charge is 2.52. The van der Waals surface area contributed by atoms with Crippen LogP contribution >= 0.6 is 0 Å². The molecule has 0 aromatic carbocycles. The molecule has 0 aromatic rings. The van der Waals surface area contributed by atoms with Crippen molar-refractivity contribution in [2.75, 3.05) is 0 Å². The smallest absolute Gasteiger partial charge is 0.374 e. The molecule has 5 atom stereocenters. The highest BCUT2D eigenvalue weighted by Crippen LogP contribution is 2.48. The standard InChI is InChI=1S/C12H14F2O4/c13-10(14)12(16)18-9-6-1-5-2-7(4-6)11(15)17-8(9)3-5/h5-10H,1-4H2. The number of carbonyl (C=O) groups is 2. The lowest BCUT2D eigenvalue weighted by atomic mass is 9.67. The summed E-state index contributed by atoms with van der Waals surface area (Å²) in [5, 5.41) is 0. The predicted octanol–water partition coefficient (Wildman–Crippen LogP) is 1.52. The van der Waals surface area contributed by atoms with E-state index in [1.165, 1.54) is 0 Å². The third kappa shape index (κ3) is 1.87. The second-order valence-electron chi connectivity index (χ2n) is 5.44. The molecule has 2 heterocycles. The van der Waals surface area contributed by atoms with Crippen LogP contribution in [0.1, 0.15) is 25.7 Å². The Hall–Kier alpha value is -1.20. The van der Waals surface area contributed by atoms with E-state index in [1.807, 2.05) is 0 Å². The van der Waals surface area contributed by atoms with Crippen LogP contribution in [0.15, 0.2) is 0 Å². The summed E-state index contributed by atoms with van der Waals surface area (Å²) in [6.45, 7) is 0. The van der Waals surface area contributed by atoms with E-state index in [0.29, 0.717) is 18.8 Å². The molecular formula is C12H14F2O4. The van der Waals surface area contributed by atoms with Crippen molar-refractivity contribution < 1.29 is 27.8 Å². The van der Waals surface area contributed by atoms with E-state index < -0.39 is 24.6 Å². The fourth-order valence-electron chi connectivity index (χ4n) is 3.62. The zero-order chi connectivity index (χ0) is 12.9. The third-order valence-electron chi connectivity index (χ3n) is 4.27. The molecule has 2 aliphatic heterocycles. The minimum atomic E-state index is -3.13. The number of carbonyl (C=O) groups excluding carboxylic acids is 2. The van der Waals surface area contributed by atoms with Crippen LogP contribution in [0.25, 0.3) is 0 Å². The van der Waals surface area contributed by atoms with E-state index in [1.54, 1.807) is 0 Å². The quantitative estimate of drug-likeness (QED) is 0.706. The van der Waals surface area contributed by atoms with Crippen molar-refractivity contribution >= 4 is 11.9 Å². The normalized spacial score (nSPS) is 41.7. The molecule has 5 unspecified atom stereocenters. The zero-order valence-corrected chi connectivity index (χ0v) is 9.68. The average Bonchev–Trinajstić information content (AvgIpc) is 2.47. The molecule has 4 rings (SSSR count). The van der Waals surface area contributed by atoms with Gasteiger partial charge in [0.2, 0.25) is 0 Å². The second kappa shape index (κ2) is 4.17. The summed E-state index contributed by atoms with van der Waals surface area (Å²) in [5.41, 5.74) is 0. The molecule has 0 radical (unpaired) electrons. The molecule has 2 saturated carbocycles. The largest absolute Gasteiger partial charge is 0.458 e. The Morgan fingerprint density at radius 2 is 2.06 bits per heavy atom. The van der Waals surface area contributed by atoms with Crippen molar-refractivity contribution in [1.29, 1.82) is 0 Å². The van der Waals surface area contributed by atoms with E-state index in [-0.39, 0.29) is 17.8 Å². The summed E-state index contributed by atoms with van der Waals surface area (Å²) in [6.07, 6.45) is -1.47. The first kappa shape index (κ1) is 11.9. The number of halogens is 2. The summed E-state index contributed by atoms with van der Waals surface area (Å²) in [7, 11) is 0. The summed E-state index contributed by atoms with van der Waals surface area (Å²) in [5.74, 6) is -1.53. The van der Waals surface area contributed by atoms with Crippen LogP contribution in [0.4, 0.5) is 8.78 Å². The molecule has 0 spiro atoms. The maximum atomic E-state index is 12.2. The monoisotopic (exact) mass is 260 g/mol. The van der Waals surface area contributed by atoms with Crippen molar-refractivity contribution in [2.24, 2.45) is 17.8 Å².